The molecule has 0 saturated carbocycles. The summed E-state index contributed by atoms with van der Waals surface area (Å²) in [6, 6.07) is 33.4. The molecule has 0 heterocycles. The average molecular weight is 699 g/mol. The topological polar surface area (TPSA) is 52.6 Å². The fourth-order valence-corrected chi connectivity index (χ4v) is 5.47. The Labute approximate surface area is 275 Å². The molecule has 5 aromatic carbocycles. The van der Waals surface area contributed by atoms with Crippen molar-refractivity contribution in [2.45, 2.75) is 7.43 Å². The SMILES string of the molecule is C.COC(=O)c1cc(-c2ccccc2Cl)cc(-c2ccccc2Cl)c1.COC(=O)c1cc(Br)cc(-c2ccccc2Cl)c1. The van der Waals surface area contributed by atoms with Crippen molar-refractivity contribution in [2.75, 3.05) is 14.2 Å². The number of rotatable bonds is 5. The lowest BCUT2D eigenvalue weighted by atomic mass is 9.96. The Kier molecular flexibility index (Phi) is 12.4. The van der Waals surface area contributed by atoms with Crippen LogP contribution in [0.3, 0.4) is 0 Å². The van der Waals surface area contributed by atoms with E-state index >= 15 is 0 Å². The van der Waals surface area contributed by atoms with Crippen molar-refractivity contribution in [3.8, 4) is 33.4 Å². The van der Waals surface area contributed by atoms with Crippen LogP contribution in [0.15, 0.2) is 114 Å². The van der Waals surface area contributed by atoms with E-state index in [9.17, 15) is 9.59 Å². The number of ether oxygens (including phenoxy) is 2. The van der Waals surface area contributed by atoms with Gasteiger partial charge in [0.15, 0.2) is 0 Å². The zero-order chi connectivity index (χ0) is 30.2. The first-order chi connectivity index (χ1) is 20.2. The zero-order valence-corrected chi connectivity index (χ0v) is 26.4. The molecule has 5 rings (SSSR count). The number of benzene rings is 5. The van der Waals surface area contributed by atoms with E-state index in [0.29, 0.717) is 26.2 Å². The van der Waals surface area contributed by atoms with E-state index in [0.717, 1.165) is 37.9 Å². The number of hydrogen-bond donors (Lipinski definition) is 0. The normalized spacial score (nSPS) is 10.1. The molecule has 0 fully saturated rings. The van der Waals surface area contributed by atoms with Crippen LogP contribution in [-0.2, 0) is 9.47 Å². The predicted octanol–water partition coefficient (Wildman–Crippen LogP) is 11.3. The van der Waals surface area contributed by atoms with Crippen molar-refractivity contribution in [1.29, 1.82) is 0 Å². The maximum Gasteiger partial charge on any atom is 0.337 e. The molecule has 0 radical (unpaired) electrons. The van der Waals surface area contributed by atoms with Gasteiger partial charge in [0.1, 0.15) is 0 Å². The van der Waals surface area contributed by atoms with Gasteiger partial charge >= 0.3 is 11.9 Å². The summed E-state index contributed by atoms with van der Waals surface area (Å²) in [5, 5.41) is 1.88. The van der Waals surface area contributed by atoms with E-state index in [1.54, 1.807) is 24.3 Å². The Balaban J connectivity index is 0.000000239. The number of esters is 2. The van der Waals surface area contributed by atoms with Crippen LogP contribution >= 0.6 is 50.7 Å². The smallest absolute Gasteiger partial charge is 0.337 e. The minimum atomic E-state index is -0.405. The molecule has 0 N–H and O–H groups in total. The number of hydrogen-bond acceptors (Lipinski definition) is 4. The fraction of sp³-hybridized carbons (Fsp3) is 0.0857. The molecule has 0 amide bonds. The predicted molar refractivity (Wildman–Crippen MR) is 181 cm³/mol. The molecule has 0 aliphatic rings. The van der Waals surface area contributed by atoms with E-state index in [2.05, 4.69) is 15.9 Å². The summed E-state index contributed by atoms with van der Waals surface area (Å²) < 4.78 is 10.4. The summed E-state index contributed by atoms with van der Waals surface area (Å²) in [7, 11) is 2.72. The van der Waals surface area contributed by atoms with Crippen LogP contribution in [0, 0.1) is 0 Å². The molecule has 5 aromatic rings. The minimum Gasteiger partial charge on any atom is -0.465 e. The highest BCUT2D eigenvalue weighted by Gasteiger charge is 2.14. The maximum atomic E-state index is 12.1. The summed E-state index contributed by atoms with van der Waals surface area (Å²) in [6.07, 6.45) is 0. The van der Waals surface area contributed by atoms with Crippen molar-refractivity contribution in [2.24, 2.45) is 0 Å². The van der Waals surface area contributed by atoms with Crippen molar-refractivity contribution in [3.05, 3.63) is 140 Å². The fourth-order valence-electron chi connectivity index (χ4n) is 4.24. The number of halogens is 4. The van der Waals surface area contributed by atoms with Gasteiger partial charge in [0, 0.05) is 36.2 Å². The highest BCUT2D eigenvalue weighted by Crippen LogP contribution is 2.35. The summed E-state index contributed by atoms with van der Waals surface area (Å²) >= 11 is 22.2. The van der Waals surface area contributed by atoms with Gasteiger partial charge in [-0.1, -0.05) is 113 Å². The number of methoxy groups -OCH3 is 2. The van der Waals surface area contributed by atoms with Gasteiger partial charge < -0.3 is 9.47 Å². The Bertz CT molecular complexity index is 1690. The van der Waals surface area contributed by atoms with Crippen molar-refractivity contribution in [3.63, 3.8) is 0 Å². The molecule has 8 heteroatoms. The lowest BCUT2D eigenvalue weighted by Crippen LogP contribution is -2.02. The van der Waals surface area contributed by atoms with Crippen LogP contribution in [-0.4, -0.2) is 26.2 Å². The zero-order valence-electron chi connectivity index (χ0n) is 22.5. The number of carbonyl (C=O) groups is 2. The lowest BCUT2D eigenvalue weighted by Gasteiger charge is -2.11. The van der Waals surface area contributed by atoms with Gasteiger partial charge in [0.25, 0.3) is 0 Å². The Morgan fingerprint density at radius 1 is 0.535 bits per heavy atom. The van der Waals surface area contributed by atoms with E-state index in [1.807, 2.05) is 84.9 Å². The van der Waals surface area contributed by atoms with Gasteiger partial charge in [-0.15, -0.1) is 0 Å². The molecular weight excluding hydrogens is 671 g/mol. The highest BCUT2D eigenvalue weighted by atomic mass is 79.9. The van der Waals surface area contributed by atoms with Gasteiger partial charge in [0.2, 0.25) is 0 Å². The third-order valence-electron chi connectivity index (χ3n) is 6.23. The average Bonchev–Trinajstić information content (AvgIpc) is 3.00. The molecule has 0 aliphatic heterocycles. The van der Waals surface area contributed by atoms with Gasteiger partial charge in [0.05, 0.1) is 25.3 Å². The molecule has 0 unspecified atom stereocenters. The standard InChI is InChI=1S/C20H14Cl2O2.C14H10BrClO2.CH4/c1-24-20(23)15-11-13(16-6-2-4-8-18(16)21)10-14(12-15)17-7-3-5-9-19(17)22;1-18-14(17)10-6-9(7-11(15)8-10)12-4-2-3-5-13(12)16;/h2-12H,1H3;2-8H,1H3;1H4. The van der Waals surface area contributed by atoms with E-state index in [1.165, 1.54) is 14.2 Å². The van der Waals surface area contributed by atoms with Crippen molar-refractivity contribution in [1.82, 2.24) is 0 Å². The monoisotopic (exact) mass is 696 g/mol. The maximum absolute atomic E-state index is 12.1. The Morgan fingerprint density at radius 2 is 0.860 bits per heavy atom. The van der Waals surface area contributed by atoms with Crippen LogP contribution in [0.4, 0.5) is 0 Å². The van der Waals surface area contributed by atoms with Crippen LogP contribution in [0.2, 0.25) is 15.1 Å². The molecule has 0 spiro atoms. The molecule has 0 bridgehead atoms. The summed E-state index contributed by atoms with van der Waals surface area (Å²) in [4.78, 5) is 23.6. The second-order valence-corrected chi connectivity index (χ2v) is 11.1. The summed E-state index contributed by atoms with van der Waals surface area (Å²) in [6.45, 7) is 0. The van der Waals surface area contributed by atoms with Gasteiger partial charge in [-0.3, -0.25) is 0 Å². The first kappa shape index (κ1) is 33.9. The summed E-state index contributed by atoms with van der Waals surface area (Å²) in [5.74, 6) is -0.776. The molecule has 0 atom stereocenters. The molecule has 220 valence electrons. The molecule has 0 aromatic heterocycles. The third-order valence-corrected chi connectivity index (χ3v) is 7.67. The Hall–Kier alpha value is -3.61. The molecular formula is C35H28BrCl3O4. The van der Waals surface area contributed by atoms with E-state index < -0.39 is 5.97 Å². The summed E-state index contributed by atoms with van der Waals surface area (Å²) in [5.41, 5.74) is 6.04. The van der Waals surface area contributed by atoms with Gasteiger partial charge in [-0.25, -0.2) is 9.59 Å². The highest BCUT2D eigenvalue weighted by molar-refractivity contribution is 9.10. The quantitative estimate of drug-likeness (QED) is 0.172. The van der Waals surface area contributed by atoms with Gasteiger partial charge in [-0.05, 0) is 71.3 Å². The Morgan fingerprint density at radius 3 is 1.21 bits per heavy atom. The van der Waals surface area contributed by atoms with Crippen LogP contribution in [0.25, 0.3) is 33.4 Å². The molecule has 43 heavy (non-hydrogen) atoms. The van der Waals surface area contributed by atoms with Gasteiger partial charge in [-0.2, -0.15) is 0 Å². The first-order valence-corrected chi connectivity index (χ1v) is 14.5. The van der Waals surface area contributed by atoms with Crippen LogP contribution in [0.1, 0.15) is 28.1 Å². The molecule has 0 aliphatic carbocycles. The first-order valence-electron chi connectivity index (χ1n) is 12.6. The van der Waals surface area contributed by atoms with E-state index in [4.69, 9.17) is 44.3 Å². The van der Waals surface area contributed by atoms with E-state index in [-0.39, 0.29) is 13.4 Å². The second kappa shape index (κ2) is 15.7. The molecule has 4 nitrogen and oxygen atoms in total. The van der Waals surface area contributed by atoms with Crippen molar-refractivity contribution >= 4 is 62.7 Å². The molecule has 0 saturated heterocycles. The third kappa shape index (κ3) is 8.49. The second-order valence-electron chi connectivity index (χ2n) is 8.95. The van der Waals surface area contributed by atoms with Crippen LogP contribution < -0.4 is 0 Å². The minimum absolute atomic E-state index is 0. The largest absolute Gasteiger partial charge is 0.465 e. The van der Waals surface area contributed by atoms with Crippen LogP contribution in [0.5, 0.6) is 0 Å². The van der Waals surface area contributed by atoms with Crippen molar-refractivity contribution < 1.29 is 19.1 Å². The lowest BCUT2D eigenvalue weighted by molar-refractivity contribution is 0.0592. The number of carbonyl (C=O) groups excluding carboxylic acids is 2.